The smallest absolute Gasteiger partial charge is 0.100 e. The summed E-state index contributed by atoms with van der Waals surface area (Å²) in [6, 6.07) is 19.1. The predicted molar refractivity (Wildman–Crippen MR) is 78.4 cm³/mol. The number of fused-ring (bicyclic) bond motifs is 1. The highest BCUT2D eigenvalue weighted by Gasteiger charge is 2.19. The summed E-state index contributed by atoms with van der Waals surface area (Å²) in [6.07, 6.45) is 1.97. The standard InChI is InChI=1S/C18H15N/c1-13-6-8-15(9-7-13)17-11-10-14-4-2-3-5-16(14)18(17)12-19/h2-9H,10-11H2,1H3. The number of nitriles is 1. The van der Waals surface area contributed by atoms with Crippen molar-refractivity contribution in [1.29, 1.82) is 5.26 Å². The predicted octanol–water partition coefficient (Wildman–Crippen LogP) is 4.38. The fourth-order valence-corrected chi connectivity index (χ4v) is 2.70. The van der Waals surface area contributed by atoms with Crippen LogP contribution in [0.5, 0.6) is 0 Å². The third-order valence-electron chi connectivity index (χ3n) is 3.74. The van der Waals surface area contributed by atoms with Gasteiger partial charge in [0.15, 0.2) is 0 Å². The van der Waals surface area contributed by atoms with Crippen LogP contribution in [-0.2, 0) is 6.42 Å². The maximum Gasteiger partial charge on any atom is 0.100 e. The number of nitrogens with zero attached hydrogens (tertiary/aromatic N) is 1. The zero-order chi connectivity index (χ0) is 13.2. The second-order valence-electron chi connectivity index (χ2n) is 4.99. The lowest BCUT2D eigenvalue weighted by atomic mass is 9.83. The van der Waals surface area contributed by atoms with Crippen molar-refractivity contribution in [2.75, 3.05) is 0 Å². The van der Waals surface area contributed by atoms with Gasteiger partial charge >= 0.3 is 0 Å². The Labute approximate surface area is 113 Å². The normalized spacial score (nSPS) is 13.9. The van der Waals surface area contributed by atoms with E-state index in [-0.39, 0.29) is 0 Å². The van der Waals surface area contributed by atoms with Gasteiger partial charge in [0.1, 0.15) is 6.07 Å². The van der Waals surface area contributed by atoms with Crippen molar-refractivity contribution in [3.8, 4) is 6.07 Å². The number of aryl methyl sites for hydroxylation is 2. The van der Waals surface area contributed by atoms with Crippen LogP contribution in [0.4, 0.5) is 0 Å². The van der Waals surface area contributed by atoms with Crippen LogP contribution in [0.1, 0.15) is 28.7 Å². The molecule has 92 valence electrons. The minimum atomic E-state index is 0.839. The van der Waals surface area contributed by atoms with Crippen LogP contribution in [0.15, 0.2) is 48.5 Å². The van der Waals surface area contributed by atoms with Crippen molar-refractivity contribution >= 4 is 11.1 Å². The molecule has 0 amide bonds. The Morgan fingerprint density at radius 1 is 0.947 bits per heavy atom. The van der Waals surface area contributed by atoms with Crippen LogP contribution in [0.2, 0.25) is 0 Å². The number of allylic oxidation sites excluding steroid dienone is 2. The van der Waals surface area contributed by atoms with E-state index in [1.807, 2.05) is 12.1 Å². The lowest BCUT2D eigenvalue weighted by Crippen LogP contribution is -2.03. The van der Waals surface area contributed by atoms with E-state index in [2.05, 4.69) is 49.4 Å². The zero-order valence-corrected chi connectivity index (χ0v) is 11.0. The summed E-state index contributed by atoms with van der Waals surface area (Å²) in [6.45, 7) is 2.08. The molecule has 1 heteroatoms. The zero-order valence-electron chi connectivity index (χ0n) is 11.0. The van der Waals surface area contributed by atoms with E-state index in [1.54, 1.807) is 0 Å². The molecule has 0 aromatic heterocycles. The molecule has 0 saturated heterocycles. The molecule has 2 aromatic carbocycles. The molecule has 1 nitrogen and oxygen atoms in total. The summed E-state index contributed by atoms with van der Waals surface area (Å²) in [5, 5.41) is 9.52. The van der Waals surface area contributed by atoms with Crippen LogP contribution < -0.4 is 0 Å². The monoisotopic (exact) mass is 245 g/mol. The molecule has 0 aliphatic heterocycles. The second-order valence-corrected chi connectivity index (χ2v) is 4.99. The molecule has 0 fully saturated rings. The largest absolute Gasteiger partial charge is 0.192 e. The van der Waals surface area contributed by atoms with Crippen molar-refractivity contribution in [3.05, 3.63) is 70.8 Å². The Hall–Kier alpha value is -2.33. The van der Waals surface area contributed by atoms with E-state index in [1.165, 1.54) is 22.3 Å². The molecule has 0 spiro atoms. The van der Waals surface area contributed by atoms with Gasteiger partial charge in [0.05, 0.1) is 5.57 Å². The first kappa shape index (κ1) is 11.7. The molecule has 0 bridgehead atoms. The fraction of sp³-hybridized carbons (Fsp3) is 0.167. The van der Waals surface area contributed by atoms with Gasteiger partial charge < -0.3 is 0 Å². The number of hydrogen-bond donors (Lipinski definition) is 0. The number of rotatable bonds is 1. The SMILES string of the molecule is Cc1ccc(C2=C(C#N)c3ccccc3CC2)cc1. The molecule has 1 aliphatic rings. The van der Waals surface area contributed by atoms with Crippen molar-refractivity contribution in [3.63, 3.8) is 0 Å². The minimum Gasteiger partial charge on any atom is -0.192 e. The van der Waals surface area contributed by atoms with E-state index >= 15 is 0 Å². The Kier molecular flexibility index (Phi) is 2.93. The lowest BCUT2D eigenvalue weighted by Gasteiger charge is -2.20. The summed E-state index contributed by atoms with van der Waals surface area (Å²) in [7, 11) is 0. The number of benzene rings is 2. The number of hydrogen-bond acceptors (Lipinski definition) is 1. The van der Waals surface area contributed by atoms with Gasteiger partial charge in [-0.15, -0.1) is 0 Å². The summed E-state index contributed by atoms with van der Waals surface area (Å²) < 4.78 is 0. The molecule has 0 radical (unpaired) electrons. The average Bonchev–Trinajstić information content (AvgIpc) is 2.47. The van der Waals surface area contributed by atoms with Crippen LogP contribution in [0, 0.1) is 18.3 Å². The Balaban J connectivity index is 2.18. The fourth-order valence-electron chi connectivity index (χ4n) is 2.70. The molecule has 0 heterocycles. The average molecular weight is 245 g/mol. The van der Waals surface area contributed by atoms with Gasteiger partial charge in [-0.25, -0.2) is 0 Å². The summed E-state index contributed by atoms with van der Waals surface area (Å²) in [4.78, 5) is 0. The maximum absolute atomic E-state index is 9.52. The highest BCUT2D eigenvalue weighted by Crippen LogP contribution is 2.36. The van der Waals surface area contributed by atoms with Gasteiger partial charge in [-0.2, -0.15) is 5.26 Å². The minimum absolute atomic E-state index is 0.839. The molecule has 0 atom stereocenters. The molecule has 0 saturated carbocycles. The molecular formula is C18H15N. The highest BCUT2D eigenvalue weighted by atomic mass is 14.3. The van der Waals surface area contributed by atoms with Crippen molar-refractivity contribution in [2.24, 2.45) is 0 Å². The van der Waals surface area contributed by atoms with Gasteiger partial charge in [-0.1, -0.05) is 54.1 Å². The first-order valence-corrected chi connectivity index (χ1v) is 6.58. The maximum atomic E-state index is 9.52. The van der Waals surface area contributed by atoms with Gasteiger partial charge in [-0.05, 0) is 42.0 Å². The Bertz CT molecular complexity index is 684. The van der Waals surface area contributed by atoms with E-state index in [9.17, 15) is 5.26 Å². The first-order valence-electron chi connectivity index (χ1n) is 6.58. The van der Waals surface area contributed by atoms with Crippen molar-refractivity contribution in [1.82, 2.24) is 0 Å². The van der Waals surface area contributed by atoms with Crippen LogP contribution in [-0.4, -0.2) is 0 Å². The van der Waals surface area contributed by atoms with Crippen molar-refractivity contribution in [2.45, 2.75) is 19.8 Å². The first-order chi connectivity index (χ1) is 9.29. The van der Waals surface area contributed by atoms with Crippen LogP contribution in [0.3, 0.4) is 0 Å². The Morgan fingerprint density at radius 2 is 1.68 bits per heavy atom. The lowest BCUT2D eigenvalue weighted by molar-refractivity contribution is 0.995. The molecule has 1 aliphatic carbocycles. The summed E-state index contributed by atoms with van der Waals surface area (Å²) >= 11 is 0. The van der Waals surface area contributed by atoms with E-state index in [0.717, 1.165) is 24.0 Å². The van der Waals surface area contributed by atoms with Gasteiger partial charge in [0, 0.05) is 0 Å². The van der Waals surface area contributed by atoms with E-state index < -0.39 is 0 Å². The summed E-state index contributed by atoms with van der Waals surface area (Å²) in [5.41, 5.74) is 6.84. The molecule has 0 N–H and O–H groups in total. The van der Waals surface area contributed by atoms with Gasteiger partial charge in [0.25, 0.3) is 0 Å². The van der Waals surface area contributed by atoms with E-state index in [0.29, 0.717) is 0 Å². The highest BCUT2D eigenvalue weighted by molar-refractivity contribution is 5.99. The topological polar surface area (TPSA) is 23.8 Å². The molecule has 0 unspecified atom stereocenters. The third-order valence-corrected chi connectivity index (χ3v) is 3.74. The molecule has 2 aromatic rings. The third kappa shape index (κ3) is 2.06. The molecule has 3 rings (SSSR count). The quantitative estimate of drug-likeness (QED) is 0.731. The van der Waals surface area contributed by atoms with Crippen molar-refractivity contribution < 1.29 is 0 Å². The van der Waals surface area contributed by atoms with Gasteiger partial charge in [-0.3, -0.25) is 0 Å². The molecular weight excluding hydrogens is 230 g/mol. The van der Waals surface area contributed by atoms with Crippen LogP contribution >= 0.6 is 0 Å². The summed E-state index contributed by atoms with van der Waals surface area (Å²) in [5.74, 6) is 0. The van der Waals surface area contributed by atoms with Crippen LogP contribution in [0.25, 0.3) is 11.1 Å². The van der Waals surface area contributed by atoms with Gasteiger partial charge in [0.2, 0.25) is 0 Å². The Morgan fingerprint density at radius 3 is 2.42 bits per heavy atom. The van der Waals surface area contributed by atoms with E-state index in [4.69, 9.17) is 0 Å². The second kappa shape index (κ2) is 4.74. The molecule has 19 heavy (non-hydrogen) atoms.